The molecule has 0 saturated carbocycles. The molecule has 0 radical (unpaired) electrons. The SMILES string of the molecule is CCNC1c2ccccc2OCC1Sc1ccccc1. The van der Waals surface area contributed by atoms with Crippen molar-refractivity contribution in [3.8, 4) is 5.75 Å². The van der Waals surface area contributed by atoms with Crippen LogP contribution in [0.2, 0.25) is 0 Å². The van der Waals surface area contributed by atoms with E-state index in [-0.39, 0.29) is 0 Å². The second kappa shape index (κ2) is 6.33. The van der Waals surface area contributed by atoms with E-state index < -0.39 is 0 Å². The Bertz CT molecular complexity index is 558. The number of rotatable bonds is 4. The molecule has 2 aromatic carbocycles. The Morgan fingerprint density at radius 3 is 2.65 bits per heavy atom. The van der Waals surface area contributed by atoms with Gasteiger partial charge in [0.25, 0.3) is 0 Å². The molecular formula is C17H19NOS. The van der Waals surface area contributed by atoms with Crippen LogP contribution in [0.15, 0.2) is 59.5 Å². The maximum atomic E-state index is 5.92. The van der Waals surface area contributed by atoms with Crippen LogP contribution >= 0.6 is 11.8 Å². The topological polar surface area (TPSA) is 21.3 Å². The summed E-state index contributed by atoms with van der Waals surface area (Å²) < 4.78 is 5.92. The Morgan fingerprint density at radius 2 is 1.85 bits per heavy atom. The smallest absolute Gasteiger partial charge is 0.124 e. The number of benzene rings is 2. The fourth-order valence-electron chi connectivity index (χ4n) is 2.57. The van der Waals surface area contributed by atoms with E-state index >= 15 is 0 Å². The lowest BCUT2D eigenvalue weighted by atomic mass is 10.0. The highest BCUT2D eigenvalue weighted by atomic mass is 32.2. The number of fused-ring (bicyclic) bond motifs is 1. The standard InChI is InChI=1S/C17H19NOS/c1-2-18-17-14-10-6-7-11-15(14)19-12-16(17)20-13-8-4-3-5-9-13/h3-11,16-18H,2,12H2,1H3. The molecule has 0 spiro atoms. The fourth-order valence-corrected chi connectivity index (χ4v) is 3.75. The van der Waals surface area contributed by atoms with Gasteiger partial charge in [-0.2, -0.15) is 0 Å². The van der Waals surface area contributed by atoms with E-state index in [2.05, 4.69) is 60.8 Å². The van der Waals surface area contributed by atoms with Crippen LogP contribution in [0, 0.1) is 0 Å². The van der Waals surface area contributed by atoms with Gasteiger partial charge >= 0.3 is 0 Å². The molecule has 1 aliphatic heterocycles. The van der Waals surface area contributed by atoms with Crippen molar-refractivity contribution in [3.63, 3.8) is 0 Å². The quantitative estimate of drug-likeness (QED) is 0.921. The maximum absolute atomic E-state index is 5.92. The predicted octanol–water partition coefficient (Wildman–Crippen LogP) is 3.89. The molecule has 1 heterocycles. The monoisotopic (exact) mass is 285 g/mol. The Kier molecular flexibility index (Phi) is 4.28. The molecule has 1 N–H and O–H groups in total. The molecule has 2 atom stereocenters. The van der Waals surface area contributed by atoms with Gasteiger partial charge in [-0.15, -0.1) is 11.8 Å². The van der Waals surface area contributed by atoms with Gasteiger partial charge in [0.15, 0.2) is 0 Å². The summed E-state index contributed by atoms with van der Waals surface area (Å²) in [6.45, 7) is 3.86. The molecule has 0 aromatic heterocycles. The van der Waals surface area contributed by atoms with Gasteiger partial charge in [-0.3, -0.25) is 0 Å². The normalized spacial score (nSPS) is 21.1. The Balaban J connectivity index is 1.84. The molecule has 0 amide bonds. The third kappa shape index (κ3) is 2.84. The average molecular weight is 285 g/mol. The summed E-state index contributed by atoms with van der Waals surface area (Å²) in [7, 11) is 0. The fraction of sp³-hybridized carbons (Fsp3) is 0.294. The van der Waals surface area contributed by atoms with E-state index in [9.17, 15) is 0 Å². The van der Waals surface area contributed by atoms with Gasteiger partial charge in [-0.25, -0.2) is 0 Å². The number of ether oxygens (including phenoxy) is 1. The highest BCUT2D eigenvalue weighted by Gasteiger charge is 2.30. The van der Waals surface area contributed by atoms with E-state index in [1.807, 2.05) is 17.8 Å². The maximum Gasteiger partial charge on any atom is 0.124 e. The number of hydrogen-bond acceptors (Lipinski definition) is 3. The van der Waals surface area contributed by atoms with Crippen molar-refractivity contribution in [1.29, 1.82) is 0 Å². The first-order chi connectivity index (χ1) is 9.88. The summed E-state index contributed by atoms with van der Waals surface area (Å²) in [6.07, 6.45) is 0. The van der Waals surface area contributed by atoms with Crippen LogP contribution in [0.3, 0.4) is 0 Å². The van der Waals surface area contributed by atoms with Crippen molar-refractivity contribution < 1.29 is 4.74 Å². The number of nitrogens with one attached hydrogen (secondary N) is 1. The third-order valence-corrected chi connectivity index (χ3v) is 4.74. The van der Waals surface area contributed by atoms with E-state index in [0.29, 0.717) is 11.3 Å². The van der Waals surface area contributed by atoms with Crippen LogP contribution in [-0.4, -0.2) is 18.4 Å². The largest absolute Gasteiger partial charge is 0.492 e. The molecule has 0 bridgehead atoms. The van der Waals surface area contributed by atoms with Crippen LogP contribution in [0.25, 0.3) is 0 Å². The zero-order valence-corrected chi connectivity index (χ0v) is 12.4. The molecule has 1 aliphatic rings. The van der Waals surface area contributed by atoms with E-state index in [1.165, 1.54) is 10.5 Å². The van der Waals surface area contributed by atoms with Crippen molar-refractivity contribution in [2.24, 2.45) is 0 Å². The molecule has 0 aliphatic carbocycles. The minimum atomic E-state index is 0.343. The highest BCUT2D eigenvalue weighted by Crippen LogP contribution is 2.39. The van der Waals surface area contributed by atoms with E-state index in [0.717, 1.165) is 18.9 Å². The lowest BCUT2D eigenvalue weighted by molar-refractivity contribution is 0.261. The number of para-hydroxylation sites is 1. The van der Waals surface area contributed by atoms with Crippen LogP contribution < -0.4 is 10.1 Å². The molecule has 104 valence electrons. The van der Waals surface area contributed by atoms with Crippen molar-refractivity contribution in [1.82, 2.24) is 5.32 Å². The van der Waals surface area contributed by atoms with Crippen molar-refractivity contribution in [3.05, 3.63) is 60.2 Å². The molecule has 2 aromatic rings. The average Bonchev–Trinajstić information content (AvgIpc) is 2.51. The number of thioether (sulfide) groups is 1. The molecule has 3 heteroatoms. The van der Waals surface area contributed by atoms with Gasteiger partial charge in [0.2, 0.25) is 0 Å². The van der Waals surface area contributed by atoms with Crippen LogP contribution in [0.5, 0.6) is 5.75 Å². The summed E-state index contributed by atoms with van der Waals surface area (Å²) in [5.41, 5.74) is 1.27. The van der Waals surface area contributed by atoms with Crippen LogP contribution in [-0.2, 0) is 0 Å². The summed E-state index contributed by atoms with van der Waals surface area (Å²) in [5, 5.41) is 4.01. The zero-order chi connectivity index (χ0) is 13.8. The molecule has 0 fully saturated rings. The van der Waals surface area contributed by atoms with Gasteiger partial charge in [-0.1, -0.05) is 43.3 Å². The van der Waals surface area contributed by atoms with Gasteiger partial charge in [0.1, 0.15) is 12.4 Å². The molecule has 0 saturated heterocycles. The Labute approximate surface area is 124 Å². The molecular weight excluding hydrogens is 266 g/mol. The molecule has 20 heavy (non-hydrogen) atoms. The van der Waals surface area contributed by atoms with Gasteiger partial charge in [0, 0.05) is 10.5 Å². The summed E-state index contributed by atoms with van der Waals surface area (Å²) in [5.74, 6) is 1.02. The minimum absolute atomic E-state index is 0.343. The van der Waals surface area contributed by atoms with E-state index in [1.54, 1.807) is 0 Å². The summed E-state index contributed by atoms with van der Waals surface area (Å²) >= 11 is 1.89. The van der Waals surface area contributed by atoms with Gasteiger partial charge in [0.05, 0.1) is 11.3 Å². The van der Waals surface area contributed by atoms with Crippen molar-refractivity contribution in [2.75, 3.05) is 13.2 Å². The first kappa shape index (κ1) is 13.5. The second-order valence-corrected chi connectivity index (χ2v) is 6.17. The highest BCUT2D eigenvalue weighted by molar-refractivity contribution is 8.00. The third-order valence-electron chi connectivity index (χ3n) is 3.48. The second-order valence-electron chi connectivity index (χ2n) is 4.85. The zero-order valence-electron chi connectivity index (χ0n) is 11.6. The van der Waals surface area contributed by atoms with Crippen molar-refractivity contribution in [2.45, 2.75) is 23.1 Å². The first-order valence-electron chi connectivity index (χ1n) is 7.05. The Morgan fingerprint density at radius 1 is 1.10 bits per heavy atom. The molecule has 2 nitrogen and oxygen atoms in total. The number of hydrogen-bond donors (Lipinski definition) is 1. The predicted molar refractivity (Wildman–Crippen MR) is 84.4 cm³/mol. The van der Waals surface area contributed by atoms with Crippen LogP contribution in [0.4, 0.5) is 0 Å². The lowest BCUT2D eigenvalue weighted by Gasteiger charge is -2.33. The van der Waals surface area contributed by atoms with Gasteiger partial charge in [-0.05, 0) is 24.7 Å². The minimum Gasteiger partial charge on any atom is -0.492 e. The first-order valence-corrected chi connectivity index (χ1v) is 7.93. The van der Waals surface area contributed by atoms with Gasteiger partial charge < -0.3 is 10.1 Å². The van der Waals surface area contributed by atoms with Crippen molar-refractivity contribution >= 4 is 11.8 Å². The molecule has 2 unspecified atom stereocenters. The molecule has 3 rings (SSSR count). The summed E-state index contributed by atoms with van der Waals surface area (Å²) in [6, 6.07) is 19.2. The van der Waals surface area contributed by atoms with E-state index in [4.69, 9.17) is 4.74 Å². The Hall–Kier alpha value is -1.45. The lowest BCUT2D eigenvalue weighted by Crippen LogP contribution is -2.37. The summed E-state index contributed by atoms with van der Waals surface area (Å²) in [4.78, 5) is 1.29. The van der Waals surface area contributed by atoms with Crippen LogP contribution in [0.1, 0.15) is 18.5 Å².